The molecule has 0 unspecified atom stereocenters. The molecular weight excluding hydrogens is 460 g/mol. The highest BCUT2D eigenvalue weighted by molar-refractivity contribution is 7.89. The number of rotatable bonds is 8. The summed E-state index contributed by atoms with van der Waals surface area (Å²) in [5.41, 5.74) is 1.21. The molecule has 10 heteroatoms. The molecule has 0 aliphatic carbocycles. The summed E-state index contributed by atoms with van der Waals surface area (Å²) < 4.78 is 32.4. The lowest BCUT2D eigenvalue weighted by molar-refractivity contribution is -0.147. The zero-order chi connectivity index (χ0) is 22.3. The minimum atomic E-state index is -3.68. The molecule has 0 radical (unpaired) electrons. The molecule has 0 atom stereocenters. The standard InChI is InChI=1S/C21H25ClN2O5S2/c22-18-7-6-17(31(27,28)24-10-3-1-2-4-11-24)13-19(18)23-20(25)14-29-21(26)8-5-16-9-12-30-15-16/h6-7,9,12-13,15H,1-5,8,10-11,14H2,(H,23,25). The van der Waals surface area contributed by atoms with Crippen molar-refractivity contribution in [3.8, 4) is 0 Å². The summed E-state index contributed by atoms with van der Waals surface area (Å²) in [7, 11) is -3.68. The molecule has 1 N–H and O–H groups in total. The van der Waals surface area contributed by atoms with Crippen molar-refractivity contribution in [1.29, 1.82) is 0 Å². The molecule has 2 heterocycles. The van der Waals surface area contributed by atoms with Gasteiger partial charge in [-0.05, 0) is 59.9 Å². The maximum atomic E-state index is 13.0. The number of thiophene rings is 1. The van der Waals surface area contributed by atoms with Crippen LogP contribution in [0.25, 0.3) is 0 Å². The van der Waals surface area contributed by atoms with Crippen LogP contribution in [-0.2, 0) is 30.8 Å². The predicted molar refractivity (Wildman–Crippen MR) is 121 cm³/mol. The number of carbonyl (C=O) groups is 2. The first kappa shape index (κ1) is 23.7. The minimum Gasteiger partial charge on any atom is -0.456 e. The van der Waals surface area contributed by atoms with E-state index in [4.69, 9.17) is 16.3 Å². The number of nitrogens with one attached hydrogen (secondary N) is 1. The molecule has 1 amide bonds. The van der Waals surface area contributed by atoms with Gasteiger partial charge in [-0.25, -0.2) is 8.42 Å². The number of benzene rings is 1. The Morgan fingerprint density at radius 2 is 1.87 bits per heavy atom. The molecule has 0 spiro atoms. The zero-order valence-corrected chi connectivity index (χ0v) is 19.4. The number of amides is 1. The van der Waals surface area contributed by atoms with E-state index in [9.17, 15) is 18.0 Å². The van der Waals surface area contributed by atoms with Crippen LogP contribution >= 0.6 is 22.9 Å². The second kappa shape index (κ2) is 11.1. The van der Waals surface area contributed by atoms with Crippen molar-refractivity contribution in [2.24, 2.45) is 0 Å². The fourth-order valence-electron chi connectivity index (χ4n) is 3.28. The van der Waals surface area contributed by atoms with E-state index in [2.05, 4.69) is 5.32 Å². The third-order valence-corrected chi connectivity index (χ3v) is 7.93. The number of carbonyl (C=O) groups excluding carboxylic acids is 2. The van der Waals surface area contributed by atoms with Gasteiger partial charge in [0.25, 0.3) is 5.91 Å². The average Bonchev–Trinajstić information content (AvgIpc) is 3.11. The smallest absolute Gasteiger partial charge is 0.306 e. The van der Waals surface area contributed by atoms with Crippen LogP contribution in [0, 0.1) is 0 Å². The predicted octanol–water partition coefficient (Wildman–Crippen LogP) is 4.08. The van der Waals surface area contributed by atoms with Gasteiger partial charge >= 0.3 is 5.97 Å². The molecule has 31 heavy (non-hydrogen) atoms. The lowest BCUT2D eigenvalue weighted by atomic mass is 10.2. The molecule has 3 rings (SSSR count). The number of anilines is 1. The van der Waals surface area contributed by atoms with Gasteiger partial charge in [0.2, 0.25) is 10.0 Å². The van der Waals surface area contributed by atoms with Crippen molar-refractivity contribution in [3.63, 3.8) is 0 Å². The van der Waals surface area contributed by atoms with Gasteiger partial charge in [0.1, 0.15) is 0 Å². The van der Waals surface area contributed by atoms with Crippen molar-refractivity contribution >= 4 is 50.5 Å². The van der Waals surface area contributed by atoms with Crippen LogP contribution in [0.5, 0.6) is 0 Å². The first-order chi connectivity index (χ1) is 14.9. The highest BCUT2D eigenvalue weighted by Crippen LogP contribution is 2.28. The van der Waals surface area contributed by atoms with Gasteiger partial charge in [-0.1, -0.05) is 24.4 Å². The Morgan fingerprint density at radius 1 is 1.13 bits per heavy atom. The van der Waals surface area contributed by atoms with E-state index < -0.39 is 28.5 Å². The molecule has 1 aliphatic rings. The maximum Gasteiger partial charge on any atom is 0.306 e. The quantitative estimate of drug-likeness (QED) is 0.570. The summed E-state index contributed by atoms with van der Waals surface area (Å²) in [6.45, 7) is 0.490. The molecule has 1 saturated heterocycles. The lowest BCUT2D eigenvalue weighted by Crippen LogP contribution is -2.32. The molecule has 7 nitrogen and oxygen atoms in total. The molecule has 1 fully saturated rings. The van der Waals surface area contributed by atoms with E-state index in [0.29, 0.717) is 19.5 Å². The van der Waals surface area contributed by atoms with Crippen LogP contribution < -0.4 is 5.32 Å². The third kappa shape index (κ3) is 6.77. The summed E-state index contributed by atoms with van der Waals surface area (Å²) in [6.07, 6.45) is 4.41. The van der Waals surface area contributed by atoms with Crippen LogP contribution in [0.3, 0.4) is 0 Å². The van der Waals surface area contributed by atoms with E-state index in [1.165, 1.54) is 22.5 Å². The zero-order valence-electron chi connectivity index (χ0n) is 17.0. The summed E-state index contributed by atoms with van der Waals surface area (Å²) in [5, 5.41) is 6.62. The highest BCUT2D eigenvalue weighted by atomic mass is 35.5. The summed E-state index contributed by atoms with van der Waals surface area (Å²) >= 11 is 7.69. The minimum absolute atomic E-state index is 0.0712. The van der Waals surface area contributed by atoms with Crippen molar-refractivity contribution in [1.82, 2.24) is 4.31 Å². The summed E-state index contributed by atoms with van der Waals surface area (Å²) in [4.78, 5) is 24.1. The number of sulfonamides is 1. The van der Waals surface area contributed by atoms with Gasteiger partial charge in [-0.3, -0.25) is 9.59 Å². The van der Waals surface area contributed by atoms with E-state index in [-0.39, 0.29) is 22.0 Å². The van der Waals surface area contributed by atoms with Crippen molar-refractivity contribution < 1.29 is 22.7 Å². The number of ether oxygens (including phenoxy) is 1. The van der Waals surface area contributed by atoms with Crippen molar-refractivity contribution in [2.75, 3.05) is 25.0 Å². The van der Waals surface area contributed by atoms with Crippen LogP contribution in [-0.4, -0.2) is 44.3 Å². The number of esters is 1. The van der Waals surface area contributed by atoms with Gasteiger partial charge in [0, 0.05) is 19.5 Å². The van der Waals surface area contributed by atoms with Crippen LogP contribution in [0.1, 0.15) is 37.7 Å². The molecule has 168 valence electrons. The van der Waals surface area contributed by atoms with Gasteiger partial charge in [0.15, 0.2) is 6.61 Å². The molecule has 1 aromatic carbocycles. The second-order valence-corrected chi connectivity index (χ2v) is 10.4. The number of aryl methyl sites for hydroxylation is 1. The Balaban J connectivity index is 1.58. The van der Waals surface area contributed by atoms with Crippen molar-refractivity contribution in [2.45, 2.75) is 43.4 Å². The fraction of sp³-hybridized carbons (Fsp3) is 0.429. The van der Waals surface area contributed by atoms with Gasteiger partial charge < -0.3 is 10.1 Å². The molecule has 2 aromatic rings. The van der Waals surface area contributed by atoms with E-state index in [1.54, 1.807) is 11.3 Å². The first-order valence-electron chi connectivity index (χ1n) is 10.1. The maximum absolute atomic E-state index is 13.0. The normalized spacial score (nSPS) is 15.3. The monoisotopic (exact) mass is 484 g/mol. The number of nitrogens with zero attached hydrogens (tertiary/aromatic N) is 1. The van der Waals surface area contributed by atoms with Crippen molar-refractivity contribution in [3.05, 3.63) is 45.6 Å². The third-order valence-electron chi connectivity index (χ3n) is 4.98. The second-order valence-electron chi connectivity index (χ2n) is 7.30. The lowest BCUT2D eigenvalue weighted by Gasteiger charge is -2.20. The topological polar surface area (TPSA) is 92.8 Å². The first-order valence-corrected chi connectivity index (χ1v) is 12.9. The van der Waals surface area contributed by atoms with Crippen LogP contribution in [0.2, 0.25) is 5.02 Å². The Bertz CT molecular complexity index is 1000. The SMILES string of the molecule is O=C(COC(=O)CCc1ccsc1)Nc1cc(S(=O)(=O)N2CCCCCC2)ccc1Cl. The van der Waals surface area contributed by atoms with E-state index in [1.807, 2.05) is 16.8 Å². The largest absolute Gasteiger partial charge is 0.456 e. The summed E-state index contributed by atoms with van der Waals surface area (Å²) in [6, 6.07) is 6.15. The number of halogens is 1. The van der Waals surface area contributed by atoms with E-state index >= 15 is 0 Å². The van der Waals surface area contributed by atoms with Crippen LogP contribution in [0.15, 0.2) is 39.9 Å². The summed E-state index contributed by atoms with van der Waals surface area (Å²) in [5.74, 6) is -1.07. The average molecular weight is 485 g/mol. The number of hydrogen-bond acceptors (Lipinski definition) is 6. The molecule has 0 saturated carbocycles. The molecule has 1 aliphatic heterocycles. The fourth-order valence-corrected chi connectivity index (χ4v) is 5.69. The Labute approximate surface area is 191 Å². The van der Waals surface area contributed by atoms with E-state index in [0.717, 1.165) is 31.2 Å². The Morgan fingerprint density at radius 3 is 2.55 bits per heavy atom. The highest BCUT2D eigenvalue weighted by Gasteiger charge is 2.26. The molecule has 0 bridgehead atoms. The molecular formula is C21H25ClN2O5S2. The molecule has 1 aromatic heterocycles. The van der Waals surface area contributed by atoms with Gasteiger partial charge in [-0.2, -0.15) is 15.6 Å². The number of hydrogen-bond donors (Lipinski definition) is 1. The van der Waals surface area contributed by atoms with Gasteiger partial charge in [0.05, 0.1) is 15.6 Å². The Kier molecular flexibility index (Phi) is 8.48. The van der Waals surface area contributed by atoms with Crippen LogP contribution in [0.4, 0.5) is 5.69 Å². The Hall–Kier alpha value is -1.94. The van der Waals surface area contributed by atoms with Gasteiger partial charge in [-0.15, -0.1) is 0 Å².